The van der Waals surface area contributed by atoms with E-state index in [4.69, 9.17) is 5.11 Å². The van der Waals surface area contributed by atoms with Crippen molar-refractivity contribution >= 4 is 5.97 Å². The second-order valence-corrected chi connectivity index (χ2v) is 6.33. The van der Waals surface area contributed by atoms with E-state index in [9.17, 15) is 70.7 Å². The fourth-order valence-corrected chi connectivity index (χ4v) is 1.92. The van der Waals surface area contributed by atoms with E-state index in [1.807, 2.05) is 0 Å². The molecule has 0 saturated heterocycles. The predicted molar refractivity (Wildman–Crippen MR) is 72.1 cm³/mol. The lowest BCUT2D eigenvalue weighted by Crippen LogP contribution is -2.73. The zero-order valence-electron chi connectivity index (χ0n) is 15.1. The number of carbonyl (C=O) groups is 1. The van der Waals surface area contributed by atoms with Crippen LogP contribution in [0.4, 0.5) is 65.9 Å². The minimum absolute atomic E-state index is 0.523. The van der Waals surface area contributed by atoms with Gasteiger partial charge in [0.05, 0.1) is 6.10 Å². The Morgan fingerprint density at radius 2 is 1.12 bits per heavy atom. The van der Waals surface area contributed by atoms with E-state index in [1.165, 1.54) is 0 Å². The summed E-state index contributed by atoms with van der Waals surface area (Å²) in [6.07, 6.45) is -21.7. The van der Waals surface area contributed by atoms with Gasteiger partial charge in [0, 0.05) is 12.0 Å². The van der Waals surface area contributed by atoms with Gasteiger partial charge in [0.25, 0.3) is 5.67 Å². The first-order valence-electron chi connectivity index (χ1n) is 7.56. The number of alkyl halides is 15. The summed E-state index contributed by atoms with van der Waals surface area (Å²) in [4.78, 5) is 11.0. The lowest BCUT2D eigenvalue weighted by molar-refractivity contribution is -0.447. The third-order valence-electron chi connectivity index (χ3n) is 3.76. The molecule has 0 radical (unpaired) electrons. The van der Waals surface area contributed by atoms with E-state index in [0.717, 1.165) is 6.92 Å². The van der Waals surface area contributed by atoms with Crippen LogP contribution in [0.2, 0.25) is 0 Å². The Morgan fingerprint density at radius 1 is 0.750 bits per heavy atom. The molecular formula is C14H11F15O3. The predicted octanol–water partition coefficient (Wildman–Crippen LogP) is 5.23. The van der Waals surface area contributed by atoms with Crippen molar-refractivity contribution in [2.45, 2.75) is 61.2 Å². The van der Waals surface area contributed by atoms with E-state index in [0.29, 0.717) is 0 Å². The van der Waals surface area contributed by atoms with Crippen LogP contribution in [0.25, 0.3) is 0 Å². The van der Waals surface area contributed by atoms with Gasteiger partial charge in [-0.1, -0.05) is 6.58 Å². The molecule has 18 heteroatoms. The minimum Gasteiger partial charge on any atom is -0.460 e. The highest BCUT2D eigenvalue weighted by atomic mass is 19.4. The van der Waals surface area contributed by atoms with Crippen molar-refractivity contribution in [3.63, 3.8) is 0 Å². The summed E-state index contributed by atoms with van der Waals surface area (Å²) in [7, 11) is 0. The van der Waals surface area contributed by atoms with E-state index >= 15 is 0 Å². The van der Waals surface area contributed by atoms with Crippen LogP contribution in [0.5, 0.6) is 0 Å². The van der Waals surface area contributed by atoms with Crippen molar-refractivity contribution in [2.75, 3.05) is 6.61 Å². The quantitative estimate of drug-likeness (QED) is 0.262. The van der Waals surface area contributed by atoms with Gasteiger partial charge in [0.2, 0.25) is 0 Å². The summed E-state index contributed by atoms with van der Waals surface area (Å²) in [5.41, 5.74) is -7.53. The molecule has 1 N–H and O–H groups in total. The van der Waals surface area contributed by atoms with Crippen LogP contribution in [-0.2, 0) is 9.53 Å². The molecule has 0 aromatic carbocycles. The molecule has 0 heterocycles. The number of aliphatic hydroxyl groups excluding tert-OH is 1. The van der Waals surface area contributed by atoms with Crippen molar-refractivity contribution in [3.05, 3.63) is 12.2 Å². The van der Waals surface area contributed by atoms with Crippen LogP contribution >= 0.6 is 0 Å². The molecule has 0 aliphatic carbocycles. The molecule has 0 aliphatic rings. The van der Waals surface area contributed by atoms with Crippen LogP contribution in [0, 0.1) is 0 Å². The summed E-state index contributed by atoms with van der Waals surface area (Å²) >= 11 is 0. The van der Waals surface area contributed by atoms with Crippen LogP contribution in [0.15, 0.2) is 12.2 Å². The molecule has 32 heavy (non-hydrogen) atoms. The normalized spacial score (nSPS) is 17.5. The smallest absolute Gasteiger partial charge is 0.460 e. The third kappa shape index (κ3) is 4.73. The third-order valence-corrected chi connectivity index (χ3v) is 3.76. The van der Waals surface area contributed by atoms with Gasteiger partial charge in [-0.3, -0.25) is 0 Å². The second-order valence-electron chi connectivity index (χ2n) is 6.33. The molecule has 0 fully saturated rings. The highest BCUT2D eigenvalue weighted by Gasteiger charge is 2.92. The summed E-state index contributed by atoms with van der Waals surface area (Å²) in [5, 5.41) is 9.16. The Balaban J connectivity index is 6.43. The first-order chi connectivity index (χ1) is 13.7. The number of esters is 1. The fourth-order valence-electron chi connectivity index (χ4n) is 1.92. The Morgan fingerprint density at radius 3 is 1.44 bits per heavy atom. The summed E-state index contributed by atoms with van der Waals surface area (Å²) in [5.74, 6) is -34.2. The van der Waals surface area contributed by atoms with Gasteiger partial charge >= 0.3 is 42.0 Å². The SMILES string of the molecule is C=C(C)C(=O)OCC(O)CC(F)(C(F)(F)F)C(F)(F)C(F)(F)C(F)(F)C(F)(F)C(F)(F)F. The number of rotatable bonds is 9. The van der Waals surface area contributed by atoms with Gasteiger partial charge in [-0.25, -0.2) is 9.18 Å². The Bertz CT molecular complexity index is 709. The molecule has 0 spiro atoms. The standard InChI is InChI=1S/C14H11F15O3/c1-5(2)7(31)32-4-6(30)3-8(15,13(24,25)26)9(16,17)10(18,19)11(20,21)12(22,23)14(27,28)29/h6,30H,1,3-4H2,2H3. The van der Waals surface area contributed by atoms with E-state index in [2.05, 4.69) is 11.3 Å². The van der Waals surface area contributed by atoms with Crippen molar-refractivity contribution in [2.24, 2.45) is 0 Å². The van der Waals surface area contributed by atoms with Crippen molar-refractivity contribution in [1.82, 2.24) is 0 Å². The first-order valence-corrected chi connectivity index (χ1v) is 7.56. The summed E-state index contributed by atoms with van der Waals surface area (Å²) in [6, 6.07) is 0. The molecule has 0 aromatic heterocycles. The monoisotopic (exact) mass is 512 g/mol. The van der Waals surface area contributed by atoms with Gasteiger partial charge in [-0.15, -0.1) is 0 Å². The molecule has 0 bridgehead atoms. The maximum Gasteiger partial charge on any atom is 0.460 e. The average molecular weight is 512 g/mol. The lowest BCUT2D eigenvalue weighted by Gasteiger charge is -2.43. The number of aliphatic hydroxyl groups is 1. The molecule has 190 valence electrons. The Hall–Kier alpha value is -1.88. The number of ether oxygens (including phenoxy) is 1. The fraction of sp³-hybridized carbons (Fsp3) is 0.786. The van der Waals surface area contributed by atoms with E-state index in [-0.39, 0.29) is 0 Å². The summed E-state index contributed by atoms with van der Waals surface area (Å²) < 4.78 is 199. The Kier molecular flexibility index (Phi) is 7.98. The molecule has 0 rings (SSSR count). The lowest BCUT2D eigenvalue weighted by atomic mass is 9.82. The van der Waals surface area contributed by atoms with Crippen LogP contribution in [0.1, 0.15) is 13.3 Å². The van der Waals surface area contributed by atoms with Crippen LogP contribution < -0.4 is 0 Å². The zero-order chi connectivity index (χ0) is 26.4. The van der Waals surface area contributed by atoms with Gasteiger partial charge in [0.15, 0.2) is 0 Å². The number of hydrogen-bond donors (Lipinski definition) is 1. The Labute approximate surface area is 167 Å². The average Bonchev–Trinajstić information content (AvgIpc) is 2.56. The van der Waals surface area contributed by atoms with E-state index < -0.39 is 72.4 Å². The second kappa shape index (κ2) is 8.48. The maximum atomic E-state index is 14.2. The molecule has 2 atom stereocenters. The molecular weight excluding hydrogens is 501 g/mol. The minimum atomic E-state index is -8.32. The van der Waals surface area contributed by atoms with Crippen molar-refractivity contribution in [3.8, 4) is 0 Å². The van der Waals surface area contributed by atoms with Crippen molar-refractivity contribution in [1.29, 1.82) is 0 Å². The topological polar surface area (TPSA) is 46.5 Å². The highest BCUT2D eigenvalue weighted by molar-refractivity contribution is 5.86. The van der Waals surface area contributed by atoms with Gasteiger partial charge in [0.1, 0.15) is 6.61 Å². The van der Waals surface area contributed by atoms with Gasteiger partial charge in [-0.2, -0.15) is 61.5 Å². The van der Waals surface area contributed by atoms with Gasteiger partial charge < -0.3 is 9.84 Å². The first kappa shape index (κ1) is 30.1. The number of halogens is 15. The van der Waals surface area contributed by atoms with Crippen LogP contribution in [-0.4, -0.2) is 65.5 Å². The van der Waals surface area contributed by atoms with Gasteiger partial charge in [-0.05, 0) is 6.92 Å². The molecule has 0 aliphatic heterocycles. The van der Waals surface area contributed by atoms with Crippen molar-refractivity contribution < 1.29 is 80.5 Å². The maximum absolute atomic E-state index is 14.2. The largest absolute Gasteiger partial charge is 0.460 e. The summed E-state index contributed by atoms with van der Waals surface area (Å²) in [6.45, 7) is 1.97. The molecule has 3 nitrogen and oxygen atoms in total. The zero-order valence-corrected chi connectivity index (χ0v) is 15.1. The van der Waals surface area contributed by atoms with E-state index in [1.54, 1.807) is 0 Å². The number of carbonyl (C=O) groups excluding carboxylic acids is 1. The highest BCUT2D eigenvalue weighted by Crippen LogP contribution is 2.63. The molecule has 2 unspecified atom stereocenters. The molecule has 0 amide bonds. The molecule has 0 saturated carbocycles. The van der Waals surface area contributed by atoms with Crippen LogP contribution in [0.3, 0.4) is 0 Å². The molecule has 0 aromatic rings. The number of hydrogen-bond acceptors (Lipinski definition) is 3.